The van der Waals surface area contributed by atoms with Crippen molar-refractivity contribution in [3.05, 3.63) is 45.4 Å². The Hall–Kier alpha value is -1.61. The monoisotopic (exact) mass is 302 g/mol. The molecule has 0 saturated carbocycles. The number of nitriles is 1. The Balaban J connectivity index is 1.99. The highest BCUT2D eigenvalue weighted by atomic mass is 32.1. The van der Waals surface area contributed by atoms with Gasteiger partial charge in [0.05, 0.1) is 6.04 Å². The predicted molar refractivity (Wildman–Crippen MR) is 87.3 cm³/mol. The molecule has 0 bridgehead atoms. The van der Waals surface area contributed by atoms with Gasteiger partial charge in [0, 0.05) is 30.7 Å². The van der Waals surface area contributed by atoms with Gasteiger partial charge in [-0.1, -0.05) is 6.07 Å². The van der Waals surface area contributed by atoms with Crippen LogP contribution in [0.2, 0.25) is 0 Å². The van der Waals surface area contributed by atoms with E-state index in [0.29, 0.717) is 11.7 Å². The molecule has 2 rings (SSSR count). The lowest BCUT2D eigenvalue weighted by Crippen LogP contribution is -2.30. The van der Waals surface area contributed by atoms with Crippen molar-refractivity contribution in [2.45, 2.75) is 19.5 Å². The van der Waals surface area contributed by atoms with E-state index in [0.717, 1.165) is 18.8 Å². The summed E-state index contributed by atoms with van der Waals surface area (Å²) < 4.78 is 1.94. The normalized spacial score (nSPS) is 12.6. The highest BCUT2D eigenvalue weighted by Gasteiger charge is 2.15. The number of hydrogen-bond donors (Lipinski definition) is 1. The van der Waals surface area contributed by atoms with E-state index in [1.54, 1.807) is 11.3 Å². The second kappa shape index (κ2) is 6.90. The highest BCUT2D eigenvalue weighted by molar-refractivity contribution is 7.10. The van der Waals surface area contributed by atoms with Crippen molar-refractivity contribution in [2.75, 3.05) is 20.6 Å². The van der Waals surface area contributed by atoms with Crippen molar-refractivity contribution in [3.63, 3.8) is 0 Å². The minimum absolute atomic E-state index is 0.379. The smallest absolute Gasteiger partial charge is 0.120 e. The van der Waals surface area contributed by atoms with Crippen molar-refractivity contribution in [2.24, 2.45) is 7.05 Å². The fraction of sp³-hybridized carbons (Fsp3) is 0.438. The Morgan fingerprint density at radius 2 is 2.24 bits per heavy atom. The molecule has 1 unspecified atom stereocenters. The van der Waals surface area contributed by atoms with Gasteiger partial charge in [-0.25, -0.2) is 0 Å². The molecule has 112 valence electrons. The molecule has 2 aromatic rings. The summed E-state index contributed by atoms with van der Waals surface area (Å²) in [5, 5.41) is 14.7. The highest BCUT2D eigenvalue weighted by Crippen LogP contribution is 2.22. The minimum atomic E-state index is 0.379. The van der Waals surface area contributed by atoms with Crippen LogP contribution in [-0.2, 0) is 13.6 Å². The van der Waals surface area contributed by atoms with Gasteiger partial charge >= 0.3 is 0 Å². The second-order valence-electron chi connectivity index (χ2n) is 5.44. The van der Waals surface area contributed by atoms with Gasteiger partial charge in [-0.15, -0.1) is 11.3 Å². The van der Waals surface area contributed by atoms with Crippen LogP contribution in [0.5, 0.6) is 0 Å². The third-order valence-corrected chi connectivity index (χ3v) is 4.88. The van der Waals surface area contributed by atoms with E-state index < -0.39 is 0 Å². The first-order valence-electron chi connectivity index (χ1n) is 7.00. The number of likely N-dealkylation sites (N-methyl/N-ethyl adjacent to an activating group) is 1. The molecule has 1 atom stereocenters. The molecule has 0 aromatic carbocycles. The van der Waals surface area contributed by atoms with Gasteiger partial charge in [-0.05, 0) is 44.1 Å². The average Bonchev–Trinajstić information content (AvgIpc) is 3.06. The molecule has 0 aliphatic rings. The Morgan fingerprint density at radius 1 is 1.48 bits per heavy atom. The van der Waals surface area contributed by atoms with E-state index in [2.05, 4.69) is 54.8 Å². The van der Waals surface area contributed by atoms with Gasteiger partial charge in [0.2, 0.25) is 0 Å². The van der Waals surface area contributed by atoms with E-state index >= 15 is 0 Å². The summed E-state index contributed by atoms with van der Waals surface area (Å²) in [4.78, 5) is 3.60. The molecule has 0 saturated heterocycles. The zero-order valence-electron chi connectivity index (χ0n) is 13.1. The molecular weight excluding hydrogens is 280 g/mol. The van der Waals surface area contributed by atoms with Gasteiger partial charge in [0.1, 0.15) is 11.8 Å². The number of thiophene rings is 1. The Kier molecular flexibility index (Phi) is 5.18. The molecule has 0 fully saturated rings. The lowest BCUT2D eigenvalue weighted by atomic mass is 10.2. The predicted octanol–water partition coefficient (Wildman–Crippen LogP) is 2.66. The van der Waals surface area contributed by atoms with E-state index in [1.807, 2.05) is 17.7 Å². The molecule has 2 heterocycles. The van der Waals surface area contributed by atoms with Gasteiger partial charge in [-0.2, -0.15) is 5.26 Å². The largest absolute Gasteiger partial charge is 0.340 e. The van der Waals surface area contributed by atoms with Gasteiger partial charge in [0.25, 0.3) is 0 Å². The van der Waals surface area contributed by atoms with Crippen molar-refractivity contribution >= 4 is 11.3 Å². The zero-order valence-corrected chi connectivity index (χ0v) is 13.9. The number of nitrogens with one attached hydrogen (secondary N) is 1. The Labute approximate surface area is 130 Å². The first-order chi connectivity index (χ1) is 10.0. The first-order valence-corrected chi connectivity index (χ1v) is 7.88. The first kappa shape index (κ1) is 15.8. The summed E-state index contributed by atoms with van der Waals surface area (Å²) in [7, 11) is 6.15. The standard InChI is InChI=1S/C16H22N4S/c1-12-13(8-14(9-17)20(12)4)10-18-11-15(19(2)3)16-6-5-7-21-16/h5-8,15,18H,10-11H2,1-4H3. The third kappa shape index (κ3) is 3.53. The van der Waals surface area contributed by atoms with Crippen molar-refractivity contribution in [1.29, 1.82) is 5.26 Å². The molecule has 0 aliphatic heterocycles. The van der Waals surface area contributed by atoms with Crippen molar-refractivity contribution in [3.8, 4) is 6.07 Å². The van der Waals surface area contributed by atoms with Crippen molar-refractivity contribution in [1.82, 2.24) is 14.8 Å². The van der Waals surface area contributed by atoms with Gasteiger partial charge < -0.3 is 14.8 Å². The van der Waals surface area contributed by atoms with Crippen LogP contribution in [-0.4, -0.2) is 30.1 Å². The Bertz CT molecular complexity index is 619. The maximum absolute atomic E-state index is 9.07. The Morgan fingerprint density at radius 3 is 2.76 bits per heavy atom. The second-order valence-corrected chi connectivity index (χ2v) is 6.42. The van der Waals surface area contributed by atoms with E-state index in [-0.39, 0.29) is 0 Å². The zero-order chi connectivity index (χ0) is 15.4. The summed E-state index contributed by atoms with van der Waals surface area (Å²) in [5.74, 6) is 0. The fourth-order valence-electron chi connectivity index (χ4n) is 2.41. The minimum Gasteiger partial charge on any atom is -0.340 e. The van der Waals surface area contributed by atoms with Crippen LogP contribution < -0.4 is 5.32 Å². The van der Waals surface area contributed by atoms with Gasteiger partial charge in [0.15, 0.2) is 0 Å². The molecule has 0 aliphatic carbocycles. The van der Waals surface area contributed by atoms with Crippen LogP contribution in [0.25, 0.3) is 0 Å². The van der Waals surface area contributed by atoms with Crippen LogP contribution in [0.15, 0.2) is 23.6 Å². The quantitative estimate of drug-likeness (QED) is 0.892. The van der Waals surface area contributed by atoms with Crippen LogP contribution in [0.4, 0.5) is 0 Å². The summed E-state index contributed by atoms with van der Waals surface area (Å²) in [5.41, 5.74) is 3.06. The molecule has 1 N–H and O–H groups in total. The lowest BCUT2D eigenvalue weighted by Gasteiger charge is -2.23. The third-order valence-electron chi connectivity index (χ3n) is 3.90. The topological polar surface area (TPSA) is 44.0 Å². The van der Waals surface area contributed by atoms with Gasteiger partial charge in [-0.3, -0.25) is 0 Å². The summed E-state index contributed by atoms with van der Waals surface area (Å²) in [6.07, 6.45) is 0. The number of rotatable bonds is 6. The summed E-state index contributed by atoms with van der Waals surface area (Å²) >= 11 is 1.79. The van der Waals surface area contributed by atoms with Crippen LogP contribution >= 0.6 is 11.3 Å². The molecule has 5 heteroatoms. The fourth-order valence-corrected chi connectivity index (χ4v) is 3.33. The van der Waals surface area contributed by atoms with Crippen molar-refractivity contribution < 1.29 is 0 Å². The van der Waals surface area contributed by atoms with E-state index in [1.165, 1.54) is 10.4 Å². The molecule has 0 spiro atoms. The molecule has 2 aromatic heterocycles. The maximum Gasteiger partial charge on any atom is 0.120 e. The number of aromatic nitrogens is 1. The van der Waals surface area contributed by atoms with Crippen LogP contribution in [0.1, 0.15) is 27.9 Å². The van der Waals surface area contributed by atoms with Crippen LogP contribution in [0, 0.1) is 18.3 Å². The summed E-state index contributed by atoms with van der Waals surface area (Å²) in [6.45, 7) is 3.74. The molecular formula is C16H22N4S. The molecule has 0 amide bonds. The molecule has 4 nitrogen and oxygen atoms in total. The van der Waals surface area contributed by atoms with E-state index in [9.17, 15) is 0 Å². The van der Waals surface area contributed by atoms with Crippen LogP contribution in [0.3, 0.4) is 0 Å². The maximum atomic E-state index is 9.07. The average molecular weight is 302 g/mol. The number of hydrogen-bond acceptors (Lipinski definition) is 4. The molecule has 21 heavy (non-hydrogen) atoms. The molecule has 0 radical (unpaired) electrons. The van der Waals surface area contributed by atoms with E-state index in [4.69, 9.17) is 5.26 Å². The number of nitrogens with zero attached hydrogens (tertiary/aromatic N) is 3. The lowest BCUT2D eigenvalue weighted by molar-refractivity contribution is 0.292. The SMILES string of the molecule is Cc1c(CNCC(c2cccs2)N(C)C)cc(C#N)n1C. The summed E-state index contributed by atoms with van der Waals surface area (Å²) in [6, 6.07) is 8.85.